The molecule has 2 nitrogen and oxygen atoms in total. The molecule has 0 aliphatic rings. The molecule has 0 amide bonds. The van der Waals surface area contributed by atoms with Crippen LogP contribution in [0.25, 0.3) is 0 Å². The molecular weight excluding hydrogens is 306 g/mol. The summed E-state index contributed by atoms with van der Waals surface area (Å²) in [6.45, 7) is 1.32. The van der Waals surface area contributed by atoms with Gasteiger partial charge in [-0.15, -0.1) is 0 Å². The van der Waals surface area contributed by atoms with Crippen LogP contribution >= 0.6 is 11.6 Å². The fourth-order valence-corrected chi connectivity index (χ4v) is 2.37. The van der Waals surface area contributed by atoms with Gasteiger partial charge in [-0.1, -0.05) is 60.1 Å². The van der Waals surface area contributed by atoms with Gasteiger partial charge in [-0.05, 0) is 35.4 Å². The number of benzene rings is 3. The summed E-state index contributed by atoms with van der Waals surface area (Å²) in [5.74, 6) is 0.856. The zero-order chi connectivity index (χ0) is 15.9. The Morgan fingerprint density at radius 1 is 0.783 bits per heavy atom. The Kier molecular flexibility index (Phi) is 5.17. The Morgan fingerprint density at radius 3 is 2.35 bits per heavy atom. The number of hydrogen-bond acceptors (Lipinski definition) is 2. The topological polar surface area (TPSA) is 21.3 Å². The van der Waals surface area contributed by atoms with Crippen LogP contribution < -0.4 is 10.1 Å². The van der Waals surface area contributed by atoms with Crippen molar-refractivity contribution in [2.45, 2.75) is 13.2 Å². The molecule has 0 aromatic heterocycles. The fourth-order valence-electron chi connectivity index (χ4n) is 2.24. The van der Waals surface area contributed by atoms with Gasteiger partial charge in [0, 0.05) is 23.3 Å². The van der Waals surface area contributed by atoms with Crippen molar-refractivity contribution in [3.8, 4) is 5.75 Å². The predicted octanol–water partition coefficient (Wildman–Crippen LogP) is 5.53. The van der Waals surface area contributed by atoms with Gasteiger partial charge in [0.15, 0.2) is 0 Å². The number of rotatable bonds is 6. The van der Waals surface area contributed by atoms with Gasteiger partial charge in [0.2, 0.25) is 0 Å². The predicted molar refractivity (Wildman–Crippen MR) is 96.0 cm³/mol. The molecule has 3 aromatic rings. The maximum Gasteiger partial charge on any atom is 0.121 e. The maximum atomic E-state index is 5.90. The number of ether oxygens (including phenoxy) is 1. The summed E-state index contributed by atoms with van der Waals surface area (Å²) in [7, 11) is 0. The highest BCUT2D eigenvalue weighted by Gasteiger charge is 1.99. The van der Waals surface area contributed by atoms with E-state index in [0.29, 0.717) is 6.61 Å². The molecule has 0 fully saturated rings. The van der Waals surface area contributed by atoms with Crippen LogP contribution in [0.15, 0.2) is 78.9 Å². The highest BCUT2D eigenvalue weighted by molar-refractivity contribution is 6.30. The SMILES string of the molecule is Clc1ccc(CNc2cccc(OCc3ccccc3)c2)cc1. The van der Waals surface area contributed by atoms with E-state index in [1.54, 1.807) is 0 Å². The second-order valence-corrected chi connectivity index (χ2v) is 5.72. The lowest BCUT2D eigenvalue weighted by Crippen LogP contribution is -2.00. The van der Waals surface area contributed by atoms with Crippen LogP contribution in [0.4, 0.5) is 5.69 Å². The molecule has 3 rings (SSSR count). The first-order valence-electron chi connectivity index (χ1n) is 7.55. The standard InChI is InChI=1S/C20H18ClNO/c21-18-11-9-16(10-12-18)14-22-19-7-4-8-20(13-19)23-15-17-5-2-1-3-6-17/h1-13,22H,14-15H2. The molecule has 3 aromatic carbocycles. The smallest absolute Gasteiger partial charge is 0.121 e. The summed E-state index contributed by atoms with van der Waals surface area (Å²) in [5, 5.41) is 4.15. The van der Waals surface area contributed by atoms with Gasteiger partial charge in [0.1, 0.15) is 12.4 Å². The summed E-state index contributed by atoms with van der Waals surface area (Å²) in [4.78, 5) is 0. The molecule has 0 bridgehead atoms. The van der Waals surface area contributed by atoms with Crippen LogP contribution in [-0.2, 0) is 13.2 Å². The van der Waals surface area contributed by atoms with Gasteiger partial charge in [0.25, 0.3) is 0 Å². The van der Waals surface area contributed by atoms with E-state index >= 15 is 0 Å². The number of nitrogens with one attached hydrogen (secondary N) is 1. The molecule has 23 heavy (non-hydrogen) atoms. The summed E-state index contributed by atoms with van der Waals surface area (Å²) < 4.78 is 5.84. The molecule has 0 saturated heterocycles. The molecule has 0 aliphatic carbocycles. The largest absolute Gasteiger partial charge is 0.489 e. The van der Waals surface area contributed by atoms with Gasteiger partial charge < -0.3 is 10.1 Å². The average molecular weight is 324 g/mol. The quantitative estimate of drug-likeness (QED) is 0.644. The van der Waals surface area contributed by atoms with E-state index in [1.165, 1.54) is 5.56 Å². The summed E-state index contributed by atoms with van der Waals surface area (Å²) in [6, 6.07) is 26.0. The minimum atomic E-state index is 0.571. The first-order valence-corrected chi connectivity index (χ1v) is 7.92. The van der Waals surface area contributed by atoms with Crippen LogP contribution in [0.5, 0.6) is 5.75 Å². The molecule has 0 saturated carbocycles. The molecule has 0 radical (unpaired) electrons. The first kappa shape index (κ1) is 15.4. The summed E-state index contributed by atoms with van der Waals surface area (Å²) >= 11 is 5.90. The number of hydrogen-bond donors (Lipinski definition) is 1. The summed E-state index contributed by atoms with van der Waals surface area (Å²) in [5.41, 5.74) is 3.38. The normalized spacial score (nSPS) is 10.3. The highest BCUT2D eigenvalue weighted by Crippen LogP contribution is 2.19. The van der Waals surface area contributed by atoms with Crippen molar-refractivity contribution in [3.05, 3.63) is 95.0 Å². The molecule has 0 heterocycles. The third kappa shape index (κ3) is 4.76. The van der Waals surface area contributed by atoms with Crippen molar-refractivity contribution < 1.29 is 4.74 Å². The van der Waals surface area contributed by atoms with E-state index in [0.717, 1.165) is 28.6 Å². The lowest BCUT2D eigenvalue weighted by Gasteiger charge is -2.10. The molecule has 1 N–H and O–H groups in total. The van der Waals surface area contributed by atoms with Crippen molar-refractivity contribution in [1.82, 2.24) is 0 Å². The molecule has 116 valence electrons. The van der Waals surface area contributed by atoms with Gasteiger partial charge >= 0.3 is 0 Å². The van der Waals surface area contributed by atoms with Gasteiger partial charge in [-0.25, -0.2) is 0 Å². The van der Waals surface area contributed by atoms with Crippen molar-refractivity contribution in [1.29, 1.82) is 0 Å². The highest BCUT2D eigenvalue weighted by atomic mass is 35.5. The van der Waals surface area contributed by atoms with E-state index < -0.39 is 0 Å². The van der Waals surface area contributed by atoms with Gasteiger partial charge in [0.05, 0.1) is 0 Å². The zero-order valence-electron chi connectivity index (χ0n) is 12.7. The van der Waals surface area contributed by atoms with Crippen LogP contribution in [0.1, 0.15) is 11.1 Å². The monoisotopic (exact) mass is 323 g/mol. The molecular formula is C20H18ClNO. The lowest BCUT2D eigenvalue weighted by atomic mass is 10.2. The van der Waals surface area contributed by atoms with Crippen LogP contribution in [0.3, 0.4) is 0 Å². The van der Waals surface area contributed by atoms with E-state index in [-0.39, 0.29) is 0 Å². The van der Waals surface area contributed by atoms with Gasteiger partial charge in [-0.2, -0.15) is 0 Å². The average Bonchev–Trinajstić information content (AvgIpc) is 2.61. The van der Waals surface area contributed by atoms with E-state index in [9.17, 15) is 0 Å². The molecule has 0 unspecified atom stereocenters. The summed E-state index contributed by atoms with van der Waals surface area (Å²) in [6.07, 6.45) is 0. The minimum Gasteiger partial charge on any atom is -0.489 e. The Balaban J connectivity index is 1.57. The number of anilines is 1. The van der Waals surface area contributed by atoms with Crippen molar-refractivity contribution >= 4 is 17.3 Å². The first-order chi connectivity index (χ1) is 11.3. The Labute approximate surface area is 141 Å². The maximum absolute atomic E-state index is 5.90. The molecule has 3 heteroatoms. The molecule has 0 atom stereocenters. The van der Waals surface area contributed by atoms with E-state index in [4.69, 9.17) is 16.3 Å². The molecule has 0 aliphatic heterocycles. The molecule has 0 spiro atoms. The van der Waals surface area contributed by atoms with Crippen molar-refractivity contribution in [3.63, 3.8) is 0 Å². The van der Waals surface area contributed by atoms with Crippen molar-refractivity contribution in [2.75, 3.05) is 5.32 Å². The van der Waals surface area contributed by atoms with Crippen molar-refractivity contribution in [2.24, 2.45) is 0 Å². The third-order valence-electron chi connectivity index (χ3n) is 3.49. The minimum absolute atomic E-state index is 0.571. The fraction of sp³-hybridized carbons (Fsp3) is 0.100. The second kappa shape index (κ2) is 7.70. The van der Waals surface area contributed by atoms with Crippen LogP contribution in [0.2, 0.25) is 5.02 Å². The van der Waals surface area contributed by atoms with E-state index in [1.807, 2.05) is 66.7 Å². The van der Waals surface area contributed by atoms with E-state index in [2.05, 4.69) is 17.4 Å². The Bertz CT molecular complexity index is 741. The zero-order valence-corrected chi connectivity index (χ0v) is 13.5. The third-order valence-corrected chi connectivity index (χ3v) is 3.74. The van der Waals surface area contributed by atoms with Crippen LogP contribution in [-0.4, -0.2) is 0 Å². The Hall–Kier alpha value is -2.45. The number of halogens is 1. The lowest BCUT2D eigenvalue weighted by molar-refractivity contribution is 0.306. The Morgan fingerprint density at radius 2 is 1.57 bits per heavy atom. The second-order valence-electron chi connectivity index (χ2n) is 5.28. The van der Waals surface area contributed by atoms with Gasteiger partial charge in [-0.3, -0.25) is 0 Å². The van der Waals surface area contributed by atoms with Crippen LogP contribution in [0, 0.1) is 0 Å².